The predicted molar refractivity (Wildman–Crippen MR) is 87.0 cm³/mol. The number of nitrogens with one attached hydrogen (secondary N) is 2. The molecular formula is C16H14ClN3O3. The Morgan fingerprint density at radius 3 is 2.78 bits per heavy atom. The number of carbonyl (C=O) groups is 1. The topological polar surface area (TPSA) is 80.1 Å². The van der Waals surface area contributed by atoms with E-state index in [1.807, 2.05) is 19.1 Å². The van der Waals surface area contributed by atoms with Crippen molar-refractivity contribution in [2.45, 2.75) is 6.92 Å². The van der Waals surface area contributed by atoms with Crippen molar-refractivity contribution in [1.82, 2.24) is 10.2 Å². The summed E-state index contributed by atoms with van der Waals surface area (Å²) in [5, 5.41) is 9.92. The van der Waals surface area contributed by atoms with Gasteiger partial charge >= 0.3 is 0 Å². The summed E-state index contributed by atoms with van der Waals surface area (Å²) >= 11 is 6.03. The Bertz CT molecular complexity index is 854. The Morgan fingerprint density at radius 2 is 2.13 bits per heavy atom. The number of hydrogen-bond acceptors (Lipinski definition) is 4. The van der Waals surface area contributed by atoms with Crippen molar-refractivity contribution in [2.75, 3.05) is 12.4 Å². The summed E-state index contributed by atoms with van der Waals surface area (Å²) in [6.07, 6.45) is 0. The zero-order chi connectivity index (χ0) is 16.4. The SMILES string of the molecule is COc1ccc(NC(=O)c2cc(-c3ccc(C)o3)[nH]n2)cc1Cl. The molecule has 3 rings (SSSR count). The van der Waals surface area contributed by atoms with E-state index < -0.39 is 0 Å². The zero-order valence-electron chi connectivity index (χ0n) is 12.5. The van der Waals surface area contributed by atoms with E-state index in [4.69, 9.17) is 20.8 Å². The summed E-state index contributed by atoms with van der Waals surface area (Å²) in [5.41, 5.74) is 1.44. The smallest absolute Gasteiger partial charge is 0.276 e. The number of nitrogens with zero attached hydrogens (tertiary/aromatic N) is 1. The summed E-state index contributed by atoms with van der Waals surface area (Å²) in [7, 11) is 1.53. The minimum absolute atomic E-state index is 0.251. The van der Waals surface area contributed by atoms with Crippen LogP contribution < -0.4 is 10.1 Å². The Labute approximate surface area is 137 Å². The molecule has 2 heterocycles. The number of aryl methyl sites for hydroxylation is 1. The number of anilines is 1. The molecular weight excluding hydrogens is 318 g/mol. The number of ether oxygens (including phenoxy) is 1. The molecule has 0 radical (unpaired) electrons. The van der Waals surface area contributed by atoms with E-state index in [1.165, 1.54) is 7.11 Å². The lowest BCUT2D eigenvalue weighted by molar-refractivity contribution is 0.102. The van der Waals surface area contributed by atoms with Crippen LogP contribution in [0.4, 0.5) is 5.69 Å². The molecule has 0 bridgehead atoms. The van der Waals surface area contributed by atoms with Gasteiger partial charge in [0.2, 0.25) is 0 Å². The third kappa shape index (κ3) is 3.22. The first-order valence-electron chi connectivity index (χ1n) is 6.84. The van der Waals surface area contributed by atoms with E-state index in [0.29, 0.717) is 27.9 Å². The second kappa shape index (κ2) is 6.18. The van der Waals surface area contributed by atoms with Crippen molar-refractivity contribution < 1.29 is 13.9 Å². The molecule has 0 fully saturated rings. The molecule has 7 heteroatoms. The fourth-order valence-corrected chi connectivity index (χ4v) is 2.34. The van der Waals surface area contributed by atoms with Gasteiger partial charge in [0.1, 0.15) is 17.2 Å². The molecule has 0 unspecified atom stereocenters. The van der Waals surface area contributed by atoms with Crippen LogP contribution in [0.2, 0.25) is 5.02 Å². The van der Waals surface area contributed by atoms with Crippen LogP contribution in [0.3, 0.4) is 0 Å². The van der Waals surface area contributed by atoms with Gasteiger partial charge in [-0.1, -0.05) is 11.6 Å². The van der Waals surface area contributed by atoms with E-state index in [-0.39, 0.29) is 11.6 Å². The molecule has 2 aromatic heterocycles. The maximum absolute atomic E-state index is 12.2. The van der Waals surface area contributed by atoms with E-state index in [0.717, 1.165) is 5.76 Å². The van der Waals surface area contributed by atoms with Crippen molar-refractivity contribution in [2.24, 2.45) is 0 Å². The van der Waals surface area contributed by atoms with Crippen molar-refractivity contribution in [3.05, 3.63) is 52.9 Å². The minimum Gasteiger partial charge on any atom is -0.495 e. The van der Waals surface area contributed by atoms with Crippen molar-refractivity contribution in [1.29, 1.82) is 0 Å². The molecule has 0 spiro atoms. The molecule has 6 nitrogen and oxygen atoms in total. The Hall–Kier alpha value is -2.73. The number of carbonyl (C=O) groups excluding carboxylic acids is 1. The third-order valence-electron chi connectivity index (χ3n) is 3.23. The Morgan fingerprint density at radius 1 is 1.30 bits per heavy atom. The van der Waals surface area contributed by atoms with Crippen LogP contribution in [0.25, 0.3) is 11.5 Å². The maximum Gasteiger partial charge on any atom is 0.276 e. The average Bonchev–Trinajstić information content (AvgIpc) is 3.16. The average molecular weight is 332 g/mol. The van der Waals surface area contributed by atoms with Gasteiger partial charge in [0.05, 0.1) is 12.1 Å². The van der Waals surface area contributed by atoms with Crippen LogP contribution in [-0.2, 0) is 0 Å². The molecule has 1 aromatic carbocycles. The normalized spacial score (nSPS) is 10.6. The van der Waals surface area contributed by atoms with Gasteiger partial charge in [-0.3, -0.25) is 9.89 Å². The lowest BCUT2D eigenvalue weighted by Gasteiger charge is -2.06. The molecule has 0 aliphatic carbocycles. The molecule has 0 aliphatic rings. The number of H-pyrrole nitrogens is 1. The second-order valence-corrected chi connectivity index (χ2v) is 5.29. The third-order valence-corrected chi connectivity index (χ3v) is 3.52. The van der Waals surface area contributed by atoms with E-state index in [2.05, 4.69) is 15.5 Å². The first-order valence-corrected chi connectivity index (χ1v) is 7.21. The van der Waals surface area contributed by atoms with E-state index >= 15 is 0 Å². The van der Waals surface area contributed by atoms with Gasteiger partial charge in [-0.25, -0.2) is 0 Å². The van der Waals surface area contributed by atoms with Crippen molar-refractivity contribution >= 4 is 23.2 Å². The van der Waals surface area contributed by atoms with Crippen LogP contribution in [0.5, 0.6) is 5.75 Å². The molecule has 23 heavy (non-hydrogen) atoms. The summed E-state index contributed by atoms with van der Waals surface area (Å²) in [6, 6.07) is 10.3. The van der Waals surface area contributed by atoms with Gasteiger partial charge in [0.15, 0.2) is 11.5 Å². The fourth-order valence-electron chi connectivity index (χ4n) is 2.08. The van der Waals surface area contributed by atoms with Crippen LogP contribution >= 0.6 is 11.6 Å². The standard InChI is InChI=1S/C16H14ClN3O3/c1-9-3-5-15(23-9)12-8-13(20-19-12)16(21)18-10-4-6-14(22-2)11(17)7-10/h3-8H,1-2H3,(H,18,21)(H,19,20). The lowest BCUT2D eigenvalue weighted by atomic mass is 10.2. The highest BCUT2D eigenvalue weighted by atomic mass is 35.5. The number of halogens is 1. The van der Waals surface area contributed by atoms with Gasteiger partial charge in [-0.05, 0) is 37.3 Å². The number of furan rings is 1. The number of benzene rings is 1. The van der Waals surface area contributed by atoms with E-state index in [9.17, 15) is 4.79 Å². The van der Waals surface area contributed by atoms with Crippen LogP contribution in [-0.4, -0.2) is 23.2 Å². The summed E-state index contributed by atoms with van der Waals surface area (Å²) in [4.78, 5) is 12.2. The highest BCUT2D eigenvalue weighted by Gasteiger charge is 2.14. The number of amides is 1. The fraction of sp³-hybridized carbons (Fsp3) is 0.125. The van der Waals surface area contributed by atoms with Gasteiger partial charge < -0.3 is 14.5 Å². The van der Waals surface area contributed by atoms with E-state index in [1.54, 1.807) is 24.3 Å². The quantitative estimate of drug-likeness (QED) is 0.760. The molecule has 1 amide bonds. The number of rotatable bonds is 4. The summed E-state index contributed by atoms with van der Waals surface area (Å²) in [6.45, 7) is 1.85. The number of aromatic amines is 1. The summed E-state index contributed by atoms with van der Waals surface area (Å²) < 4.78 is 10.6. The second-order valence-electron chi connectivity index (χ2n) is 4.88. The summed E-state index contributed by atoms with van der Waals surface area (Å²) in [5.74, 6) is 1.60. The van der Waals surface area contributed by atoms with Crippen LogP contribution in [0.15, 0.2) is 40.8 Å². The molecule has 2 N–H and O–H groups in total. The molecule has 3 aromatic rings. The molecule has 0 atom stereocenters. The monoisotopic (exact) mass is 331 g/mol. The zero-order valence-corrected chi connectivity index (χ0v) is 13.3. The predicted octanol–water partition coefficient (Wildman–Crippen LogP) is 3.89. The molecule has 118 valence electrons. The highest BCUT2D eigenvalue weighted by molar-refractivity contribution is 6.32. The van der Waals surface area contributed by atoms with Gasteiger partial charge in [0.25, 0.3) is 5.91 Å². The van der Waals surface area contributed by atoms with Gasteiger partial charge in [-0.15, -0.1) is 0 Å². The number of hydrogen-bond donors (Lipinski definition) is 2. The van der Waals surface area contributed by atoms with Gasteiger partial charge in [0, 0.05) is 11.8 Å². The van der Waals surface area contributed by atoms with Gasteiger partial charge in [-0.2, -0.15) is 5.10 Å². The number of aromatic nitrogens is 2. The maximum atomic E-state index is 12.2. The highest BCUT2D eigenvalue weighted by Crippen LogP contribution is 2.27. The largest absolute Gasteiger partial charge is 0.495 e. The number of methoxy groups -OCH3 is 1. The molecule has 0 saturated heterocycles. The first kappa shape index (κ1) is 15.2. The Kier molecular flexibility index (Phi) is 4.08. The van der Waals surface area contributed by atoms with Crippen molar-refractivity contribution in [3.63, 3.8) is 0 Å². The minimum atomic E-state index is -0.350. The molecule has 0 saturated carbocycles. The first-order chi connectivity index (χ1) is 11.1. The lowest BCUT2D eigenvalue weighted by Crippen LogP contribution is -2.12. The Balaban J connectivity index is 1.76. The van der Waals surface area contributed by atoms with Crippen LogP contribution in [0.1, 0.15) is 16.2 Å². The van der Waals surface area contributed by atoms with Crippen molar-refractivity contribution in [3.8, 4) is 17.2 Å². The van der Waals surface area contributed by atoms with Crippen LogP contribution in [0, 0.1) is 6.92 Å². The molecule has 0 aliphatic heterocycles.